The number of ketones is 1. The normalized spacial score (nSPS) is 50.7. The van der Waals surface area contributed by atoms with Crippen LogP contribution in [0.25, 0.3) is 0 Å². The maximum Gasteiger partial charge on any atom is 0.140 e. The van der Waals surface area contributed by atoms with E-state index in [2.05, 4.69) is 24.3 Å². The van der Waals surface area contributed by atoms with Gasteiger partial charge in [0.15, 0.2) is 0 Å². The Bertz CT molecular complexity index is 275. The molecule has 0 aromatic heterocycles. The second-order valence-electron chi connectivity index (χ2n) is 3.78. The molecule has 3 rings (SSSR count). The summed E-state index contributed by atoms with van der Waals surface area (Å²) in [6, 6.07) is 0. The number of allylic oxidation sites excluding steroid dienone is 4. The Morgan fingerprint density at radius 2 is 2.00 bits per heavy atom. The Balaban J connectivity index is 2.10. The minimum absolute atomic E-state index is 0.278. The minimum Gasteiger partial charge on any atom is -0.299 e. The Morgan fingerprint density at radius 1 is 1.18 bits per heavy atom. The summed E-state index contributed by atoms with van der Waals surface area (Å²) in [5.74, 6) is 2.54. The van der Waals surface area contributed by atoms with Gasteiger partial charge in [0.2, 0.25) is 0 Å². The van der Waals surface area contributed by atoms with E-state index in [1.807, 2.05) is 0 Å². The van der Waals surface area contributed by atoms with Gasteiger partial charge in [-0.3, -0.25) is 4.79 Å². The van der Waals surface area contributed by atoms with Gasteiger partial charge in [0, 0.05) is 12.3 Å². The van der Waals surface area contributed by atoms with Gasteiger partial charge in [-0.2, -0.15) is 0 Å². The molecule has 1 heteroatoms. The highest BCUT2D eigenvalue weighted by Gasteiger charge is 2.47. The maximum absolute atomic E-state index is 11.4. The fourth-order valence-electron chi connectivity index (χ4n) is 2.78. The molecular formula is C10H10O. The second-order valence-corrected chi connectivity index (χ2v) is 3.78. The molecule has 1 saturated carbocycles. The number of hydrogen-bond acceptors (Lipinski definition) is 1. The van der Waals surface area contributed by atoms with Crippen molar-refractivity contribution in [2.24, 2.45) is 23.7 Å². The Hall–Kier alpha value is -0.850. The van der Waals surface area contributed by atoms with Gasteiger partial charge in [0.05, 0.1) is 0 Å². The molecule has 0 spiro atoms. The lowest BCUT2D eigenvalue weighted by Crippen LogP contribution is -2.12. The van der Waals surface area contributed by atoms with Crippen molar-refractivity contribution in [2.75, 3.05) is 0 Å². The van der Waals surface area contributed by atoms with Gasteiger partial charge in [-0.15, -0.1) is 0 Å². The van der Waals surface area contributed by atoms with Crippen molar-refractivity contribution in [1.82, 2.24) is 0 Å². The lowest BCUT2D eigenvalue weighted by Gasteiger charge is -2.12. The molecule has 56 valence electrons. The third kappa shape index (κ3) is 0.550. The summed E-state index contributed by atoms with van der Waals surface area (Å²) in [6.07, 6.45) is 9.60. The highest BCUT2D eigenvalue weighted by molar-refractivity contribution is 5.87. The fourth-order valence-corrected chi connectivity index (χ4v) is 2.78. The van der Waals surface area contributed by atoms with Crippen molar-refractivity contribution in [2.45, 2.75) is 6.42 Å². The largest absolute Gasteiger partial charge is 0.299 e. The van der Waals surface area contributed by atoms with Crippen LogP contribution >= 0.6 is 0 Å². The number of hydrogen-bond donors (Lipinski definition) is 0. The third-order valence-electron chi connectivity index (χ3n) is 3.28. The Labute approximate surface area is 65.8 Å². The monoisotopic (exact) mass is 146 g/mol. The van der Waals surface area contributed by atoms with Crippen LogP contribution in [0.1, 0.15) is 6.42 Å². The van der Waals surface area contributed by atoms with E-state index in [1.54, 1.807) is 0 Å². The first kappa shape index (κ1) is 5.76. The first-order chi connectivity index (χ1) is 5.36. The summed E-state index contributed by atoms with van der Waals surface area (Å²) in [5, 5.41) is 0. The lowest BCUT2D eigenvalue weighted by atomic mass is 9.90. The zero-order chi connectivity index (χ0) is 7.42. The van der Waals surface area contributed by atoms with Crippen LogP contribution in [0.2, 0.25) is 0 Å². The van der Waals surface area contributed by atoms with Crippen LogP contribution in [-0.2, 0) is 4.79 Å². The standard InChI is InChI=1S/C10H10O/c11-9-5-7-2-1-6-3-4-8(9)10(6)7/h1-4,6-8,10H,5H2/t6-,7+,8+,10-/m0/s1. The highest BCUT2D eigenvalue weighted by atomic mass is 16.1. The average Bonchev–Trinajstić information content (AvgIpc) is 2.53. The molecule has 3 aliphatic carbocycles. The molecule has 1 nitrogen and oxygen atoms in total. The topological polar surface area (TPSA) is 17.1 Å². The van der Waals surface area contributed by atoms with Crippen LogP contribution in [0, 0.1) is 23.7 Å². The number of rotatable bonds is 0. The zero-order valence-electron chi connectivity index (χ0n) is 6.23. The van der Waals surface area contributed by atoms with Crippen molar-refractivity contribution < 1.29 is 4.79 Å². The van der Waals surface area contributed by atoms with Gasteiger partial charge in [0.25, 0.3) is 0 Å². The SMILES string of the molecule is O=C1C[C@H]2C=C[C@H]3C=C[C@H]1[C@@H]32. The first-order valence-electron chi connectivity index (χ1n) is 4.25. The fraction of sp³-hybridized carbons (Fsp3) is 0.500. The van der Waals surface area contributed by atoms with Crippen molar-refractivity contribution in [3.8, 4) is 0 Å². The van der Waals surface area contributed by atoms with E-state index in [9.17, 15) is 4.79 Å². The van der Waals surface area contributed by atoms with Crippen LogP contribution < -0.4 is 0 Å². The van der Waals surface area contributed by atoms with E-state index >= 15 is 0 Å². The van der Waals surface area contributed by atoms with Crippen molar-refractivity contribution in [1.29, 1.82) is 0 Å². The Morgan fingerprint density at radius 3 is 2.91 bits per heavy atom. The molecule has 0 radical (unpaired) electrons. The van der Waals surface area contributed by atoms with Gasteiger partial charge in [-0.25, -0.2) is 0 Å². The molecule has 0 saturated heterocycles. The van der Waals surface area contributed by atoms with E-state index in [4.69, 9.17) is 0 Å². The maximum atomic E-state index is 11.4. The van der Waals surface area contributed by atoms with E-state index in [0.29, 0.717) is 23.5 Å². The molecule has 11 heavy (non-hydrogen) atoms. The molecule has 0 heterocycles. The molecule has 0 N–H and O–H groups in total. The minimum atomic E-state index is 0.278. The van der Waals surface area contributed by atoms with Gasteiger partial charge in [-0.1, -0.05) is 24.3 Å². The average molecular weight is 146 g/mol. The summed E-state index contributed by atoms with van der Waals surface area (Å²) in [4.78, 5) is 11.4. The molecule has 0 unspecified atom stereocenters. The van der Waals surface area contributed by atoms with Crippen LogP contribution in [0.4, 0.5) is 0 Å². The number of carbonyl (C=O) groups is 1. The predicted molar refractivity (Wildman–Crippen MR) is 41.9 cm³/mol. The van der Waals surface area contributed by atoms with Crippen LogP contribution in [0.3, 0.4) is 0 Å². The lowest BCUT2D eigenvalue weighted by molar-refractivity contribution is -0.119. The number of Topliss-reactive ketones (excluding diaryl/α,β-unsaturated/α-hetero) is 1. The second kappa shape index (κ2) is 1.66. The van der Waals surface area contributed by atoms with Gasteiger partial charge in [0.1, 0.15) is 5.78 Å². The molecule has 0 aliphatic heterocycles. The van der Waals surface area contributed by atoms with Gasteiger partial charge >= 0.3 is 0 Å². The van der Waals surface area contributed by atoms with E-state index in [-0.39, 0.29) is 5.92 Å². The first-order valence-corrected chi connectivity index (χ1v) is 4.25. The van der Waals surface area contributed by atoms with E-state index in [1.165, 1.54) is 0 Å². The van der Waals surface area contributed by atoms with Crippen LogP contribution in [0.15, 0.2) is 24.3 Å². The smallest absolute Gasteiger partial charge is 0.140 e. The summed E-state index contributed by atoms with van der Waals surface area (Å²) in [7, 11) is 0. The van der Waals surface area contributed by atoms with E-state index < -0.39 is 0 Å². The summed E-state index contributed by atoms with van der Waals surface area (Å²) in [6.45, 7) is 0. The molecule has 4 atom stereocenters. The summed E-state index contributed by atoms with van der Waals surface area (Å²) >= 11 is 0. The zero-order valence-corrected chi connectivity index (χ0v) is 6.23. The molecule has 0 amide bonds. The van der Waals surface area contributed by atoms with Crippen molar-refractivity contribution in [3.63, 3.8) is 0 Å². The van der Waals surface area contributed by atoms with Crippen LogP contribution in [0.5, 0.6) is 0 Å². The third-order valence-corrected chi connectivity index (χ3v) is 3.28. The van der Waals surface area contributed by atoms with Crippen LogP contribution in [-0.4, -0.2) is 5.78 Å². The molecule has 0 aromatic carbocycles. The van der Waals surface area contributed by atoms with Gasteiger partial charge in [-0.05, 0) is 17.8 Å². The quantitative estimate of drug-likeness (QED) is 0.474. The Kier molecular flexibility index (Phi) is 0.867. The predicted octanol–water partition coefficient (Wildman–Crippen LogP) is 1.56. The van der Waals surface area contributed by atoms with Gasteiger partial charge < -0.3 is 0 Å². The molecular weight excluding hydrogens is 136 g/mol. The van der Waals surface area contributed by atoms with Crippen molar-refractivity contribution >= 4 is 5.78 Å². The summed E-state index contributed by atoms with van der Waals surface area (Å²) < 4.78 is 0. The molecule has 1 fully saturated rings. The molecule has 3 aliphatic rings. The summed E-state index contributed by atoms with van der Waals surface area (Å²) in [5.41, 5.74) is 0. The van der Waals surface area contributed by atoms with E-state index in [0.717, 1.165) is 6.42 Å². The van der Waals surface area contributed by atoms with Crippen molar-refractivity contribution in [3.05, 3.63) is 24.3 Å². The molecule has 0 bridgehead atoms. The molecule has 0 aromatic rings. The highest BCUT2D eigenvalue weighted by Crippen LogP contribution is 2.49. The number of carbonyl (C=O) groups excluding carboxylic acids is 1.